The topological polar surface area (TPSA) is 17.1 Å². The van der Waals surface area contributed by atoms with Gasteiger partial charge in [0.1, 0.15) is 0 Å². The summed E-state index contributed by atoms with van der Waals surface area (Å²) in [5, 5.41) is 0. The second-order valence-corrected chi connectivity index (χ2v) is 8.00. The average molecular weight is 216 g/mol. The normalized spacial score (nSPS) is 31.4. The largest absolute Gasteiger partial charge is 0.259 e. The third kappa shape index (κ3) is 3.72. The van der Waals surface area contributed by atoms with Gasteiger partial charge in [0.15, 0.2) is 0 Å². The third-order valence-corrected chi connectivity index (χ3v) is 5.35. The lowest BCUT2D eigenvalue weighted by atomic mass is 9.84. The van der Waals surface area contributed by atoms with E-state index in [1.807, 2.05) is 0 Å². The molecule has 1 fully saturated rings. The van der Waals surface area contributed by atoms with Crippen LogP contribution in [0.2, 0.25) is 0 Å². The SMILES string of the molecule is CC1CCC(CS(=O)C(C)(C)C)CC1. The molecule has 0 bridgehead atoms. The zero-order valence-electron chi connectivity index (χ0n) is 10.0. The fraction of sp³-hybridized carbons (Fsp3) is 1.00. The fourth-order valence-electron chi connectivity index (χ4n) is 1.96. The molecule has 1 aliphatic carbocycles. The maximum Gasteiger partial charge on any atom is 0.0375 e. The van der Waals surface area contributed by atoms with E-state index in [4.69, 9.17) is 0 Å². The molecule has 1 nitrogen and oxygen atoms in total. The Labute approximate surface area is 91.1 Å². The van der Waals surface area contributed by atoms with Crippen LogP contribution >= 0.6 is 0 Å². The number of hydrogen-bond acceptors (Lipinski definition) is 1. The minimum Gasteiger partial charge on any atom is -0.259 e. The van der Waals surface area contributed by atoms with Gasteiger partial charge in [-0.05, 0) is 45.4 Å². The van der Waals surface area contributed by atoms with Crippen LogP contribution in [0.1, 0.15) is 53.4 Å². The van der Waals surface area contributed by atoms with Crippen LogP contribution in [0.5, 0.6) is 0 Å². The highest BCUT2D eigenvalue weighted by Crippen LogP contribution is 2.30. The van der Waals surface area contributed by atoms with Crippen LogP contribution in [0.25, 0.3) is 0 Å². The molecule has 1 aliphatic rings. The lowest BCUT2D eigenvalue weighted by Gasteiger charge is -2.28. The second-order valence-electron chi connectivity index (χ2n) is 5.75. The van der Waals surface area contributed by atoms with Gasteiger partial charge in [0, 0.05) is 21.3 Å². The Balaban J connectivity index is 2.35. The smallest absolute Gasteiger partial charge is 0.0375 e. The molecule has 1 saturated carbocycles. The van der Waals surface area contributed by atoms with E-state index in [-0.39, 0.29) is 4.75 Å². The van der Waals surface area contributed by atoms with Crippen molar-refractivity contribution in [2.75, 3.05) is 5.75 Å². The predicted molar refractivity (Wildman–Crippen MR) is 63.9 cm³/mol. The molecule has 1 rings (SSSR count). The van der Waals surface area contributed by atoms with Crippen molar-refractivity contribution in [2.24, 2.45) is 11.8 Å². The van der Waals surface area contributed by atoms with Crippen molar-refractivity contribution >= 4 is 10.8 Å². The first-order valence-corrected chi connectivity index (χ1v) is 7.10. The Bertz CT molecular complexity index is 197. The first kappa shape index (κ1) is 12.2. The van der Waals surface area contributed by atoms with Gasteiger partial charge in [-0.2, -0.15) is 0 Å². The van der Waals surface area contributed by atoms with Crippen LogP contribution in [0.15, 0.2) is 0 Å². The molecule has 0 heterocycles. The molecule has 1 atom stereocenters. The Morgan fingerprint density at radius 1 is 1.14 bits per heavy atom. The summed E-state index contributed by atoms with van der Waals surface area (Å²) in [6, 6.07) is 0. The van der Waals surface area contributed by atoms with Gasteiger partial charge in [-0.3, -0.25) is 4.21 Å². The van der Waals surface area contributed by atoms with Crippen molar-refractivity contribution < 1.29 is 4.21 Å². The molecular weight excluding hydrogens is 192 g/mol. The van der Waals surface area contributed by atoms with Crippen molar-refractivity contribution in [1.29, 1.82) is 0 Å². The van der Waals surface area contributed by atoms with Crippen LogP contribution in [0.3, 0.4) is 0 Å². The maximum absolute atomic E-state index is 11.9. The van der Waals surface area contributed by atoms with Crippen LogP contribution < -0.4 is 0 Å². The minimum absolute atomic E-state index is 0.0247. The highest BCUT2D eigenvalue weighted by Gasteiger charge is 2.25. The van der Waals surface area contributed by atoms with E-state index < -0.39 is 10.8 Å². The van der Waals surface area contributed by atoms with Crippen molar-refractivity contribution in [3.63, 3.8) is 0 Å². The van der Waals surface area contributed by atoms with Gasteiger partial charge >= 0.3 is 0 Å². The monoisotopic (exact) mass is 216 g/mol. The van der Waals surface area contributed by atoms with Crippen LogP contribution in [-0.2, 0) is 10.8 Å². The predicted octanol–water partition coefficient (Wildman–Crippen LogP) is 3.36. The van der Waals surface area contributed by atoms with E-state index in [9.17, 15) is 4.21 Å². The highest BCUT2D eigenvalue weighted by atomic mass is 32.2. The van der Waals surface area contributed by atoms with Crippen LogP contribution in [0.4, 0.5) is 0 Å². The number of rotatable bonds is 2. The molecule has 0 aliphatic heterocycles. The molecule has 14 heavy (non-hydrogen) atoms. The first-order chi connectivity index (χ1) is 6.39. The molecule has 0 radical (unpaired) electrons. The van der Waals surface area contributed by atoms with Crippen molar-refractivity contribution in [1.82, 2.24) is 0 Å². The van der Waals surface area contributed by atoms with Crippen LogP contribution in [-0.4, -0.2) is 14.7 Å². The summed E-state index contributed by atoms with van der Waals surface area (Å²) in [5.74, 6) is 2.55. The number of hydrogen-bond donors (Lipinski definition) is 0. The van der Waals surface area contributed by atoms with Crippen LogP contribution in [0, 0.1) is 11.8 Å². The summed E-state index contributed by atoms with van der Waals surface area (Å²) >= 11 is 0. The van der Waals surface area contributed by atoms with Gasteiger partial charge in [-0.15, -0.1) is 0 Å². The lowest BCUT2D eigenvalue weighted by molar-refractivity contribution is 0.310. The Hall–Kier alpha value is 0.150. The third-order valence-electron chi connectivity index (χ3n) is 3.21. The van der Waals surface area contributed by atoms with E-state index in [1.54, 1.807) is 0 Å². The Kier molecular flexibility index (Phi) is 4.17. The average Bonchev–Trinajstić information content (AvgIpc) is 2.07. The fourth-order valence-corrected chi connectivity index (χ4v) is 3.22. The van der Waals surface area contributed by atoms with Crippen molar-refractivity contribution in [3.05, 3.63) is 0 Å². The van der Waals surface area contributed by atoms with Gasteiger partial charge < -0.3 is 0 Å². The molecule has 0 aromatic carbocycles. The lowest BCUT2D eigenvalue weighted by Crippen LogP contribution is -2.29. The summed E-state index contributed by atoms with van der Waals surface area (Å²) in [5.41, 5.74) is 0. The van der Waals surface area contributed by atoms with Gasteiger partial charge in [0.25, 0.3) is 0 Å². The molecule has 0 aromatic heterocycles. The summed E-state index contributed by atoms with van der Waals surface area (Å²) in [7, 11) is -0.646. The zero-order chi connectivity index (χ0) is 10.8. The quantitative estimate of drug-likeness (QED) is 0.692. The maximum atomic E-state index is 11.9. The molecule has 1 unspecified atom stereocenters. The summed E-state index contributed by atoms with van der Waals surface area (Å²) < 4.78 is 11.9. The van der Waals surface area contributed by atoms with Crippen molar-refractivity contribution in [3.8, 4) is 0 Å². The van der Waals surface area contributed by atoms with E-state index >= 15 is 0 Å². The molecule has 0 N–H and O–H groups in total. The highest BCUT2D eigenvalue weighted by molar-refractivity contribution is 7.86. The summed E-state index contributed by atoms with van der Waals surface area (Å²) in [4.78, 5) is 0. The van der Waals surface area contributed by atoms with Gasteiger partial charge in [0.2, 0.25) is 0 Å². The van der Waals surface area contributed by atoms with Gasteiger partial charge in [0.05, 0.1) is 0 Å². The standard InChI is InChI=1S/C12H24OS/c1-10-5-7-11(8-6-10)9-14(13)12(2,3)4/h10-11H,5-9H2,1-4H3. The van der Waals surface area contributed by atoms with Gasteiger partial charge in [-0.1, -0.05) is 19.8 Å². The molecule has 2 heteroatoms. The molecule has 0 amide bonds. The van der Waals surface area contributed by atoms with Crippen molar-refractivity contribution in [2.45, 2.75) is 58.1 Å². The molecule has 0 saturated heterocycles. The summed E-state index contributed by atoms with van der Waals surface area (Å²) in [6.07, 6.45) is 5.27. The van der Waals surface area contributed by atoms with E-state index in [2.05, 4.69) is 27.7 Å². The van der Waals surface area contributed by atoms with E-state index in [0.29, 0.717) is 0 Å². The Morgan fingerprint density at radius 2 is 1.64 bits per heavy atom. The second kappa shape index (κ2) is 4.78. The van der Waals surface area contributed by atoms with E-state index in [0.717, 1.165) is 17.6 Å². The minimum atomic E-state index is -0.646. The summed E-state index contributed by atoms with van der Waals surface area (Å²) in [6.45, 7) is 8.56. The molecule has 84 valence electrons. The first-order valence-electron chi connectivity index (χ1n) is 5.78. The molecular formula is C12H24OS. The zero-order valence-corrected chi connectivity index (χ0v) is 10.8. The molecule has 0 aromatic rings. The molecule has 0 spiro atoms. The van der Waals surface area contributed by atoms with Gasteiger partial charge in [-0.25, -0.2) is 0 Å². The van der Waals surface area contributed by atoms with E-state index in [1.165, 1.54) is 25.7 Å². The Morgan fingerprint density at radius 3 is 2.07 bits per heavy atom.